The van der Waals surface area contributed by atoms with Crippen LogP contribution in [0.5, 0.6) is 0 Å². The van der Waals surface area contributed by atoms with Crippen molar-refractivity contribution < 1.29 is 9.18 Å². The Balaban J connectivity index is 2.40. The molecule has 0 spiro atoms. The molecule has 21 heavy (non-hydrogen) atoms. The van der Waals surface area contributed by atoms with Crippen molar-refractivity contribution in [2.24, 2.45) is 11.6 Å². The van der Waals surface area contributed by atoms with E-state index in [1.807, 2.05) is 6.07 Å². The number of amides is 1. The Labute approximate surface area is 131 Å². The predicted molar refractivity (Wildman–Crippen MR) is 87.9 cm³/mol. The summed E-state index contributed by atoms with van der Waals surface area (Å²) in [5.74, 6) is 5.11. The van der Waals surface area contributed by atoms with Gasteiger partial charge >= 0.3 is 0 Å². The van der Waals surface area contributed by atoms with Gasteiger partial charge < -0.3 is 5.73 Å². The Morgan fingerprint density at radius 2 is 2.29 bits per heavy atom. The zero-order valence-corrected chi connectivity index (χ0v) is 13.3. The van der Waals surface area contributed by atoms with Crippen LogP contribution in [-0.2, 0) is 5.75 Å². The van der Waals surface area contributed by atoms with Crippen LogP contribution in [-0.4, -0.2) is 17.7 Å². The number of thiophene rings is 1. The van der Waals surface area contributed by atoms with E-state index in [1.54, 1.807) is 17.8 Å². The molecular formula is C14H18FN3OS2. The van der Waals surface area contributed by atoms with Crippen LogP contribution in [0.1, 0.15) is 28.6 Å². The molecule has 0 saturated carbocycles. The summed E-state index contributed by atoms with van der Waals surface area (Å²) in [4.78, 5) is 12.4. The van der Waals surface area contributed by atoms with E-state index in [-0.39, 0.29) is 11.7 Å². The van der Waals surface area contributed by atoms with Crippen molar-refractivity contribution in [3.8, 4) is 0 Å². The zero-order valence-electron chi connectivity index (χ0n) is 11.7. The molecule has 5 N–H and O–H groups in total. The van der Waals surface area contributed by atoms with Gasteiger partial charge in [0, 0.05) is 21.1 Å². The van der Waals surface area contributed by atoms with Gasteiger partial charge in [0.05, 0.1) is 4.88 Å². The minimum atomic E-state index is -0.377. The SMILES string of the molecule is CC(CCN)SCc1c(C(=O)NN)sc2cccc(F)c12. The highest BCUT2D eigenvalue weighted by Crippen LogP contribution is 2.36. The van der Waals surface area contributed by atoms with E-state index >= 15 is 0 Å². The standard InChI is InChI=1S/C14H18FN3OS2/c1-8(5-6-16)20-7-9-12-10(15)3-2-4-11(12)21-13(9)14(19)18-17/h2-4,8H,5-7,16-17H2,1H3,(H,18,19). The molecule has 0 bridgehead atoms. The average molecular weight is 327 g/mol. The fourth-order valence-electron chi connectivity index (χ4n) is 2.10. The third-order valence-electron chi connectivity index (χ3n) is 3.19. The predicted octanol–water partition coefficient (Wildman–Crippen LogP) is 2.61. The molecule has 1 aromatic carbocycles. The largest absolute Gasteiger partial charge is 0.330 e. The van der Waals surface area contributed by atoms with Crippen molar-refractivity contribution in [3.63, 3.8) is 0 Å². The van der Waals surface area contributed by atoms with E-state index in [1.165, 1.54) is 17.4 Å². The third kappa shape index (κ3) is 3.55. The number of rotatable bonds is 6. The van der Waals surface area contributed by atoms with Crippen LogP contribution >= 0.6 is 23.1 Å². The molecule has 1 heterocycles. The van der Waals surface area contributed by atoms with Gasteiger partial charge in [-0.05, 0) is 30.7 Å². The van der Waals surface area contributed by atoms with Crippen molar-refractivity contribution in [1.29, 1.82) is 0 Å². The monoisotopic (exact) mass is 327 g/mol. The van der Waals surface area contributed by atoms with Gasteiger partial charge in [-0.3, -0.25) is 10.2 Å². The normalized spacial score (nSPS) is 12.6. The molecule has 1 unspecified atom stereocenters. The van der Waals surface area contributed by atoms with Crippen LogP contribution in [0.3, 0.4) is 0 Å². The summed E-state index contributed by atoms with van der Waals surface area (Å²) in [5, 5.41) is 0.874. The number of thioether (sulfide) groups is 1. The molecule has 0 aliphatic carbocycles. The molecule has 1 amide bonds. The molecule has 7 heteroatoms. The van der Waals surface area contributed by atoms with Gasteiger partial charge in [-0.1, -0.05) is 13.0 Å². The van der Waals surface area contributed by atoms with E-state index in [4.69, 9.17) is 11.6 Å². The van der Waals surface area contributed by atoms with Gasteiger partial charge in [0.1, 0.15) is 5.82 Å². The number of carbonyl (C=O) groups is 1. The van der Waals surface area contributed by atoms with Gasteiger partial charge in [-0.15, -0.1) is 11.3 Å². The van der Waals surface area contributed by atoms with Crippen LogP contribution < -0.4 is 17.0 Å². The number of hydrogen-bond donors (Lipinski definition) is 3. The smallest absolute Gasteiger partial charge is 0.275 e. The Bertz CT molecular complexity index is 644. The summed E-state index contributed by atoms with van der Waals surface area (Å²) in [7, 11) is 0. The van der Waals surface area contributed by atoms with Crippen LogP contribution in [0.2, 0.25) is 0 Å². The number of hydrazine groups is 1. The first-order valence-electron chi connectivity index (χ1n) is 6.61. The third-order valence-corrected chi connectivity index (χ3v) is 5.64. The molecule has 0 aliphatic rings. The van der Waals surface area contributed by atoms with Crippen LogP contribution in [0.25, 0.3) is 10.1 Å². The molecule has 4 nitrogen and oxygen atoms in total. The topological polar surface area (TPSA) is 81.1 Å². The molecule has 2 aromatic rings. The number of hydrogen-bond acceptors (Lipinski definition) is 5. The highest BCUT2D eigenvalue weighted by atomic mass is 32.2. The summed E-state index contributed by atoms with van der Waals surface area (Å²) in [6.45, 7) is 2.69. The maximum atomic E-state index is 14.1. The maximum Gasteiger partial charge on any atom is 0.275 e. The van der Waals surface area contributed by atoms with Gasteiger partial charge in [-0.2, -0.15) is 11.8 Å². The lowest BCUT2D eigenvalue weighted by molar-refractivity contribution is 0.0957. The zero-order chi connectivity index (χ0) is 15.4. The molecule has 0 aliphatic heterocycles. The Morgan fingerprint density at radius 3 is 2.95 bits per heavy atom. The number of nitrogens with one attached hydrogen (secondary N) is 1. The number of nitrogens with two attached hydrogens (primary N) is 2. The fraction of sp³-hybridized carbons (Fsp3) is 0.357. The average Bonchev–Trinajstić information content (AvgIpc) is 2.84. The number of benzene rings is 1. The van der Waals surface area contributed by atoms with Crippen molar-refractivity contribution >= 4 is 39.1 Å². The highest BCUT2D eigenvalue weighted by molar-refractivity contribution is 7.99. The quantitative estimate of drug-likeness (QED) is 0.433. The van der Waals surface area contributed by atoms with Crippen molar-refractivity contribution in [3.05, 3.63) is 34.5 Å². The summed E-state index contributed by atoms with van der Waals surface area (Å²) >= 11 is 2.93. The molecule has 2 rings (SSSR count). The van der Waals surface area contributed by atoms with Gasteiger partial charge in [0.25, 0.3) is 5.91 Å². The fourth-order valence-corrected chi connectivity index (χ4v) is 4.37. The van der Waals surface area contributed by atoms with Crippen molar-refractivity contribution in [2.45, 2.75) is 24.3 Å². The van der Waals surface area contributed by atoms with Crippen molar-refractivity contribution in [2.75, 3.05) is 6.54 Å². The van der Waals surface area contributed by atoms with Crippen LogP contribution in [0, 0.1) is 5.82 Å². The first kappa shape index (κ1) is 16.2. The van der Waals surface area contributed by atoms with E-state index in [2.05, 4.69) is 12.3 Å². The van der Waals surface area contributed by atoms with Crippen LogP contribution in [0.15, 0.2) is 18.2 Å². The second kappa shape index (κ2) is 7.22. The molecule has 0 saturated heterocycles. The van der Waals surface area contributed by atoms with E-state index in [0.29, 0.717) is 33.4 Å². The molecular weight excluding hydrogens is 309 g/mol. The van der Waals surface area contributed by atoms with Crippen molar-refractivity contribution in [1.82, 2.24) is 5.43 Å². The Morgan fingerprint density at radius 1 is 1.52 bits per heavy atom. The lowest BCUT2D eigenvalue weighted by Crippen LogP contribution is -2.29. The first-order chi connectivity index (χ1) is 10.1. The van der Waals surface area contributed by atoms with Gasteiger partial charge in [-0.25, -0.2) is 10.2 Å². The van der Waals surface area contributed by atoms with E-state index < -0.39 is 0 Å². The summed E-state index contributed by atoms with van der Waals surface area (Å²) in [6.07, 6.45) is 0.883. The number of carbonyl (C=O) groups excluding carboxylic acids is 1. The van der Waals surface area contributed by atoms with Gasteiger partial charge in [0.2, 0.25) is 0 Å². The maximum absolute atomic E-state index is 14.1. The number of fused-ring (bicyclic) bond motifs is 1. The van der Waals surface area contributed by atoms with E-state index in [9.17, 15) is 9.18 Å². The molecule has 0 fully saturated rings. The second-order valence-corrected chi connectivity index (χ2v) is 7.17. The number of halogens is 1. The highest BCUT2D eigenvalue weighted by Gasteiger charge is 2.20. The Kier molecular flexibility index (Phi) is 5.58. The molecule has 0 radical (unpaired) electrons. The molecule has 1 aromatic heterocycles. The Hall–Kier alpha value is -1.15. The lowest BCUT2D eigenvalue weighted by atomic mass is 10.1. The minimum absolute atomic E-state index is 0.304. The molecule has 1 atom stereocenters. The summed E-state index contributed by atoms with van der Waals surface area (Å²) in [5.41, 5.74) is 8.39. The lowest BCUT2D eigenvalue weighted by Gasteiger charge is -2.10. The van der Waals surface area contributed by atoms with Crippen LogP contribution in [0.4, 0.5) is 4.39 Å². The number of nitrogen functional groups attached to an aromatic ring is 1. The summed E-state index contributed by atoms with van der Waals surface area (Å²) < 4.78 is 14.9. The first-order valence-corrected chi connectivity index (χ1v) is 8.47. The second-order valence-electron chi connectivity index (χ2n) is 4.70. The summed E-state index contributed by atoms with van der Waals surface area (Å²) in [6, 6.07) is 4.87. The molecule has 114 valence electrons. The van der Waals surface area contributed by atoms with E-state index in [0.717, 1.165) is 11.1 Å². The van der Waals surface area contributed by atoms with Gasteiger partial charge in [0.15, 0.2) is 0 Å². The minimum Gasteiger partial charge on any atom is -0.330 e.